The van der Waals surface area contributed by atoms with E-state index in [0.717, 1.165) is 25.2 Å². The molecule has 2 unspecified atom stereocenters. The summed E-state index contributed by atoms with van der Waals surface area (Å²) >= 11 is 5.91. The number of nitrogens with zero attached hydrogens (tertiary/aromatic N) is 1. The van der Waals surface area contributed by atoms with Crippen molar-refractivity contribution in [2.45, 2.75) is 18.9 Å². The van der Waals surface area contributed by atoms with Crippen molar-refractivity contribution < 1.29 is 9.53 Å². The van der Waals surface area contributed by atoms with E-state index in [9.17, 15) is 4.79 Å². The molecule has 1 amide bonds. The van der Waals surface area contributed by atoms with Gasteiger partial charge in [0.05, 0.1) is 5.54 Å². The zero-order chi connectivity index (χ0) is 13.5. The summed E-state index contributed by atoms with van der Waals surface area (Å²) < 4.78 is 5.30. The maximum atomic E-state index is 12.1. The third kappa shape index (κ3) is 2.09. The van der Waals surface area contributed by atoms with Crippen LogP contribution >= 0.6 is 11.6 Å². The molecule has 19 heavy (non-hydrogen) atoms. The second-order valence-electron chi connectivity index (χ2n) is 5.41. The Labute approximate surface area is 117 Å². The minimum Gasteiger partial charge on any atom is -0.447 e. The number of nitrogens with one attached hydrogen (secondary N) is 1. The lowest BCUT2D eigenvalue weighted by Gasteiger charge is -2.36. The highest BCUT2D eigenvalue weighted by molar-refractivity contribution is 6.30. The number of ether oxygens (including phenoxy) is 1. The summed E-state index contributed by atoms with van der Waals surface area (Å²) in [7, 11) is 0. The van der Waals surface area contributed by atoms with Crippen LogP contribution < -0.4 is 10.2 Å². The number of carbonyl (C=O) groups is 1. The SMILES string of the molecule is CC1(C2CCNC2)COC(=O)N1c1ccc(Cl)cc1. The maximum absolute atomic E-state index is 12.1. The van der Waals surface area contributed by atoms with Gasteiger partial charge < -0.3 is 10.1 Å². The second kappa shape index (κ2) is 4.69. The Morgan fingerprint density at radius 3 is 2.79 bits per heavy atom. The number of halogens is 1. The van der Waals surface area contributed by atoms with Gasteiger partial charge in [-0.05, 0) is 50.1 Å². The molecule has 0 saturated carbocycles. The molecule has 2 atom stereocenters. The second-order valence-corrected chi connectivity index (χ2v) is 5.85. The van der Waals surface area contributed by atoms with Crippen molar-refractivity contribution in [2.75, 3.05) is 24.6 Å². The number of hydrogen-bond acceptors (Lipinski definition) is 3. The summed E-state index contributed by atoms with van der Waals surface area (Å²) in [5.41, 5.74) is 0.565. The van der Waals surface area contributed by atoms with Gasteiger partial charge >= 0.3 is 6.09 Å². The number of carbonyl (C=O) groups excluding carboxylic acids is 1. The van der Waals surface area contributed by atoms with E-state index in [1.807, 2.05) is 12.1 Å². The quantitative estimate of drug-likeness (QED) is 0.906. The fourth-order valence-electron chi connectivity index (χ4n) is 3.02. The fourth-order valence-corrected chi connectivity index (χ4v) is 3.15. The summed E-state index contributed by atoms with van der Waals surface area (Å²) in [5, 5.41) is 4.02. The van der Waals surface area contributed by atoms with Crippen molar-refractivity contribution in [1.82, 2.24) is 5.32 Å². The largest absolute Gasteiger partial charge is 0.447 e. The van der Waals surface area contributed by atoms with Crippen molar-refractivity contribution in [3.05, 3.63) is 29.3 Å². The molecule has 1 aromatic rings. The Balaban J connectivity index is 1.95. The van der Waals surface area contributed by atoms with Crippen LogP contribution in [0.1, 0.15) is 13.3 Å². The summed E-state index contributed by atoms with van der Waals surface area (Å²) in [4.78, 5) is 13.9. The molecule has 2 aliphatic heterocycles. The molecule has 2 saturated heterocycles. The molecule has 2 heterocycles. The van der Waals surface area contributed by atoms with E-state index in [1.54, 1.807) is 17.0 Å². The monoisotopic (exact) mass is 280 g/mol. The maximum Gasteiger partial charge on any atom is 0.415 e. The van der Waals surface area contributed by atoms with Crippen LogP contribution in [-0.2, 0) is 4.74 Å². The number of anilines is 1. The van der Waals surface area contributed by atoms with Crippen LogP contribution in [0, 0.1) is 5.92 Å². The first-order valence-corrected chi connectivity index (χ1v) is 6.92. The highest BCUT2D eigenvalue weighted by atomic mass is 35.5. The van der Waals surface area contributed by atoms with Crippen molar-refractivity contribution in [1.29, 1.82) is 0 Å². The van der Waals surface area contributed by atoms with Crippen LogP contribution in [0.25, 0.3) is 0 Å². The standard InChI is InChI=1S/C14H17ClN2O2/c1-14(10-6-7-16-8-10)9-19-13(18)17(14)12-4-2-11(15)3-5-12/h2-5,10,16H,6-9H2,1H3. The molecule has 3 rings (SSSR count). The average Bonchev–Trinajstić information content (AvgIpc) is 3.01. The van der Waals surface area contributed by atoms with Crippen LogP contribution in [0.4, 0.5) is 10.5 Å². The first-order chi connectivity index (χ1) is 9.11. The molecule has 4 nitrogen and oxygen atoms in total. The highest BCUT2D eigenvalue weighted by Gasteiger charge is 2.50. The molecular weight excluding hydrogens is 264 g/mol. The van der Waals surface area contributed by atoms with Crippen LogP contribution in [0.3, 0.4) is 0 Å². The van der Waals surface area contributed by atoms with Crippen molar-refractivity contribution in [3.63, 3.8) is 0 Å². The van der Waals surface area contributed by atoms with E-state index >= 15 is 0 Å². The Bertz CT molecular complexity index is 485. The Morgan fingerprint density at radius 2 is 2.16 bits per heavy atom. The minimum atomic E-state index is -0.283. The van der Waals surface area contributed by atoms with Crippen LogP contribution in [0.5, 0.6) is 0 Å². The predicted octanol–water partition coefficient (Wildman–Crippen LogP) is 2.66. The predicted molar refractivity (Wildman–Crippen MR) is 74.7 cm³/mol. The van der Waals surface area contributed by atoms with Crippen molar-refractivity contribution in [3.8, 4) is 0 Å². The van der Waals surface area contributed by atoms with E-state index in [-0.39, 0.29) is 11.6 Å². The molecule has 0 spiro atoms. The molecule has 1 aromatic carbocycles. The van der Waals surface area contributed by atoms with Crippen LogP contribution in [0.2, 0.25) is 5.02 Å². The van der Waals surface area contributed by atoms with Crippen molar-refractivity contribution >= 4 is 23.4 Å². The molecule has 0 bridgehead atoms. The van der Waals surface area contributed by atoms with Gasteiger partial charge in [-0.15, -0.1) is 0 Å². The molecule has 0 aromatic heterocycles. The smallest absolute Gasteiger partial charge is 0.415 e. The van der Waals surface area contributed by atoms with Gasteiger partial charge in [0.25, 0.3) is 0 Å². The van der Waals surface area contributed by atoms with E-state index in [1.165, 1.54) is 0 Å². The van der Waals surface area contributed by atoms with Gasteiger partial charge in [-0.2, -0.15) is 0 Å². The summed E-state index contributed by atoms with van der Waals surface area (Å²) in [5.74, 6) is 0.412. The number of benzene rings is 1. The zero-order valence-electron chi connectivity index (χ0n) is 10.9. The molecule has 0 radical (unpaired) electrons. The Kier molecular flexibility index (Phi) is 3.15. The van der Waals surface area contributed by atoms with E-state index in [2.05, 4.69) is 12.2 Å². The van der Waals surface area contributed by atoms with Gasteiger partial charge in [-0.1, -0.05) is 11.6 Å². The van der Waals surface area contributed by atoms with Gasteiger partial charge in [0.1, 0.15) is 6.61 Å². The van der Waals surface area contributed by atoms with Crippen LogP contribution in [-0.4, -0.2) is 31.3 Å². The number of cyclic esters (lactones) is 1. The van der Waals surface area contributed by atoms with Gasteiger partial charge in [0.2, 0.25) is 0 Å². The van der Waals surface area contributed by atoms with Gasteiger partial charge in [0, 0.05) is 17.3 Å². The third-order valence-electron chi connectivity index (χ3n) is 4.21. The number of hydrogen-bond donors (Lipinski definition) is 1. The summed E-state index contributed by atoms with van der Waals surface area (Å²) in [6.07, 6.45) is 0.800. The zero-order valence-corrected chi connectivity index (χ0v) is 11.6. The van der Waals surface area contributed by atoms with Gasteiger partial charge in [-0.3, -0.25) is 4.90 Å². The van der Waals surface area contributed by atoms with E-state index in [4.69, 9.17) is 16.3 Å². The fraction of sp³-hybridized carbons (Fsp3) is 0.500. The van der Waals surface area contributed by atoms with Crippen LogP contribution in [0.15, 0.2) is 24.3 Å². The summed E-state index contributed by atoms with van der Waals surface area (Å²) in [6.45, 7) is 4.48. The molecule has 5 heteroatoms. The van der Waals surface area contributed by atoms with Crippen molar-refractivity contribution in [2.24, 2.45) is 5.92 Å². The molecule has 102 valence electrons. The Morgan fingerprint density at radius 1 is 1.42 bits per heavy atom. The molecular formula is C14H17ClN2O2. The highest BCUT2D eigenvalue weighted by Crippen LogP contribution is 2.38. The van der Waals surface area contributed by atoms with E-state index < -0.39 is 0 Å². The Hall–Kier alpha value is -1.26. The first kappa shape index (κ1) is 12.8. The molecule has 2 fully saturated rings. The minimum absolute atomic E-state index is 0.267. The van der Waals surface area contributed by atoms with E-state index in [0.29, 0.717) is 17.5 Å². The van der Waals surface area contributed by atoms with Gasteiger partial charge in [0.15, 0.2) is 0 Å². The molecule has 0 aliphatic carbocycles. The first-order valence-electron chi connectivity index (χ1n) is 6.54. The lowest BCUT2D eigenvalue weighted by Crippen LogP contribution is -2.51. The number of rotatable bonds is 2. The molecule has 1 N–H and O–H groups in total. The topological polar surface area (TPSA) is 41.6 Å². The summed E-state index contributed by atoms with van der Waals surface area (Å²) in [6, 6.07) is 7.34. The lowest BCUT2D eigenvalue weighted by molar-refractivity contribution is 0.166. The molecule has 2 aliphatic rings. The third-order valence-corrected chi connectivity index (χ3v) is 4.46. The lowest BCUT2D eigenvalue weighted by atomic mass is 9.84. The average molecular weight is 281 g/mol. The number of amides is 1. The normalized spacial score (nSPS) is 30.7. The van der Waals surface area contributed by atoms with Gasteiger partial charge in [-0.25, -0.2) is 4.79 Å².